The van der Waals surface area contributed by atoms with Crippen molar-refractivity contribution in [3.05, 3.63) is 102 Å². The minimum absolute atomic E-state index is 0.150. The summed E-state index contributed by atoms with van der Waals surface area (Å²) in [5, 5.41) is 1.07. The molecule has 0 radical (unpaired) electrons. The number of amides is 1. The second-order valence-corrected chi connectivity index (χ2v) is 6.21. The second kappa shape index (κ2) is 7.23. The standard InChI is InChI=1S/C22H19N3O/c26-22(14-18-15-23-20-11-5-4-10-19(18)20)24-21-12-6-7-13-25(21)16-17-8-2-1-3-9-17/h1-13,15,23H,14,16H2. The zero-order valence-corrected chi connectivity index (χ0v) is 14.3. The maximum atomic E-state index is 12.5. The molecule has 0 aliphatic heterocycles. The fraction of sp³-hybridized carbons (Fsp3) is 0.0909. The highest BCUT2D eigenvalue weighted by Gasteiger charge is 2.08. The third-order valence-electron chi connectivity index (χ3n) is 4.37. The zero-order chi connectivity index (χ0) is 17.8. The van der Waals surface area contributed by atoms with Crippen LogP contribution in [-0.2, 0) is 17.8 Å². The summed E-state index contributed by atoms with van der Waals surface area (Å²) in [7, 11) is 0. The summed E-state index contributed by atoms with van der Waals surface area (Å²) < 4.78 is 1.99. The van der Waals surface area contributed by atoms with Crippen molar-refractivity contribution in [2.24, 2.45) is 4.99 Å². The Morgan fingerprint density at radius 3 is 2.58 bits per heavy atom. The fourth-order valence-electron chi connectivity index (χ4n) is 3.09. The maximum absolute atomic E-state index is 12.5. The Morgan fingerprint density at radius 2 is 1.69 bits per heavy atom. The lowest BCUT2D eigenvalue weighted by Crippen LogP contribution is -2.22. The Hall–Kier alpha value is -3.40. The van der Waals surface area contributed by atoms with Crippen molar-refractivity contribution in [3.8, 4) is 0 Å². The molecule has 0 atom stereocenters. The summed E-state index contributed by atoms with van der Waals surface area (Å²) >= 11 is 0. The van der Waals surface area contributed by atoms with Gasteiger partial charge in [0.1, 0.15) is 5.49 Å². The van der Waals surface area contributed by atoms with Gasteiger partial charge < -0.3 is 9.55 Å². The van der Waals surface area contributed by atoms with Gasteiger partial charge in [-0.2, -0.15) is 4.99 Å². The van der Waals surface area contributed by atoms with Crippen LogP contribution in [-0.4, -0.2) is 15.5 Å². The molecule has 2 heterocycles. The van der Waals surface area contributed by atoms with E-state index < -0.39 is 0 Å². The van der Waals surface area contributed by atoms with E-state index in [-0.39, 0.29) is 12.3 Å². The largest absolute Gasteiger partial charge is 0.361 e. The first-order valence-corrected chi connectivity index (χ1v) is 8.61. The molecule has 1 amide bonds. The molecule has 1 N–H and O–H groups in total. The zero-order valence-electron chi connectivity index (χ0n) is 14.3. The molecule has 4 rings (SSSR count). The number of aromatic amines is 1. The van der Waals surface area contributed by atoms with Gasteiger partial charge in [0.05, 0.1) is 6.42 Å². The lowest BCUT2D eigenvalue weighted by Gasteiger charge is -2.07. The van der Waals surface area contributed by atoms with Crippen molar-refractivity contribution in [2.75, 3.05) is 0 Å². The van der Waals surface area contributed by atoms with Gasteiger partial charge >= 0.3 is 0 Å². The van der Waals surface area contributed by atoms with Crippen LogP contribution in [0.4, 0.5) is 0 Å². The Balaban J connectivity index is 1.61. The third-order valence-corrected chi connectivity index (χ3v) is 4.37. The molecule has 4 nitrogen and oxygen atoms in total. The summed E-state index contributed by atoms with van der Waals surface area (Å²) in [4.78, 5) is 20.1. The van der Waals surface area contributed by atoms with Crippen LogP contribution in [0.25, 0.3) is 10.9 Å². The molecule has 0 unspecified atom stereocenters. The van der Waals surface area contributed by atoms with Crippen molar-refractivity contribution in [2.45, 2.75) is 13.0 Å². The van der Waals surface area contributed by atoms with Gasteiger partial charge in [0, 0.05) is 29.8 Å². The summed E-state index contributed by atoms with van der Waals surface area (Å²) in [5.74, 6) is -0.150. The number of fused-ring (bicyclic) bond motifs is 1. The van der Waals surface area contributed by atoms with Gasteiger partial charge in [-0.15, -0.1) is 0 Å². The number of hydrogen-bond donors (Lipinski definition) is 1. The lowest BCUT2D eigenvalue weighted by atomic mass is 10.1. The smallest absolute Gasteiger partial charge is 0.252 e. The monoisotopic (exact) mass is 341 g/mol. The first kappa shape index (κ1) is 16.1. The van der Waals surface area contributed by atoms with Crippen molar-refractivity contribution in [1.82, 2.24) is 9.55 Å². The van der Waals surface area contributed by atoms with E-state index in [9.17, 15) is 4.79 Å². The van der Waals surface area contributed by atoms with Crippen molar-refractivity contribution >= 4 is 16.8 Å². The van der Waals surface area contributed by atoms with Gasteiger partial charge in [0.2, 0.25) is 0 Å². The average Bonchev–Trinajstić information content (AvgIpc) is 3.07. The van der Waals surface area contributed by atoms with E-state index in [4.69, 9.17) is 0 Å². The van der Waals surface area contributed by atoms with E-state index in [0.29, 0.717) is 12.0 Å². The number of para-hydroxylation sites is 1. The highest BCUT2D eigenvalue weighted by molar-refractivity contribution is 5.89. The molecule has 4 aromatic rings. The Morgan fingerprint density at radius 1 is 0.923 bits per heavy atom. The molecule has 0 fully saturated rings. The second-order valence-electron chi connectivity index (χ2n) is 6.21. The topological polar surface area (TPSA) is 50.1 Å². The number of benzene rings is 2. The van der Waals surface area contributed by atoms with Gasteiger partial charge in [0.25, 0.3) is 5.91 Å². The number of carbonyl (C=O) groups is 1. The molecule has 2 aromatic heterocycles. The molecule has 0 spiro atoms. The third kappa shape index (κ3) is 3.49. The number of carbonyl (C=O) groups excluding carboxylic acids is 1. The molecule has 26 heavy (non-hydrogen) atoms. The van der Waals surface area contributed by atoms with Gasteiger partial charge in [-0.05, 0) is 29.3 Å². The average molecular weight is 341 g/mol. The van der Waals surface area contributed by atoms with Crippen LogP contribution in [0.5, 0.6) is 0 Å². The van der Waals surface area contributed by atoms with Crippen LogP contribution in [0.2, 0.25) is 0 Å². The highest BCUT2D eigenvalue weighted by Crippen LogP contribution is 2.18. The van der Waals surface area contributed by atoms with Crippen LogP contribution >= 0.6 is 0 Å². The first-order chi connectivity index (χ1) is 12.8. The first-order valence-electron chi connectivity index (χ1n) is 8.61. The number of nitrogens with zero attached hydrogens (tertiary/aromatic N) is 2. The Kier molecular flexibility index (Phi) is 4.48. The van der Waals surface area contributed by atoms with Gasteiger partial charge in [0.15, 0.2) is 0 Å². The maximum Gasteiger partial charge on any atom is 0.252 e. The van der Waals surface area contributed by atoms with E-state index in [1.54, 1.807) is 0 Å². The predicted molar refractivity (Wildman–Crippen MR) is 103 cm³/mol. The fourth-order valence-corrected chi connectivity index (χ4v) is 3.09. The number of rotatable bonds is 4. The minimum Gasteiger partial charge on any atom is -0.361 e. The van der Waals surface area contributed by atoms with Crippen LogP contribution in [0.3, 0.4) is 0 Å². The molecule has 0 aliphatic rings. The predicted octanol–water partition coefficient (Wildman–Crippen LogP) is 3.69. The van der Waals surface area contributed by atoms with E-state index in [0.717, 1.165) is 16.5 Å². The normalized spacial score (nSPS) is 11.8. The summed E-state index contributed by atoms with van der Waals surface area (Å²) in [6, 6.07) is 23.9. The molecule has 128 valence electrons. The summed E-state index contributed by atoms with van der Waals surface area (Å²) in [6.45, 7) is 0.681. The highest BCUT2D eigenvalue weighted by atomic mass is 16.1. The number of nitrogens with one attached hydrogen (secondary N) is 1. The van der Waals surface area contributed by atoms with Crippen molar-refractivity contribution in [1.29, 1.82) is 0 Å². The SMILES string of the molecule is O=C(Cc1c[nH]c2ccccc12)N=c1ccccn1Cc1ccccc1. The molecular formula is C22H19N3O. The van der Waals surface area contributed by atoms with E-state index in [1.165, 1.54) is 5.56 Å². The van der Waals surface area contributed by atoms with E-state index in [2.05, 4.69) is 22.1 Å². The quantitative estimate of drug-likeness (QED) is 0.605. The molecule has 0 saturated heterocycles. The number of pyridine rings is 1. The van der Waals surface area contributed by atoms with Gasteiger partial charge in [-0.25, -0.2) is 0 Å². The van der Waals surface area contributed by atoms with Crippen molar-refractivity contribution < 1.29 is 4.79 Å². The van der Waals surface area contributed by atoms with Crippen LogP contribution in [0, 0.1) is 0 Å². The number of H-pyrrole nitrogens is 1. The molecule has 0 bridgehead atoms. The van der Waals surface area contributed by atoms with E-state index in [1.807, 2.05) is 77.6 Å². The number of hydrogen-bond acceptors (Lipinski definition) is 1. The van der Waals surface area contributed by atoms with Gasteiger partial charge in [-0.1, -0.05) is 54.6 Å². The molecular weight excluding hydrogens is 322 g/mol. The summed E-state index contributed by atoms with van der Waals surface area (Å²) in [6.07, 6.45) is 4.12. The van der Waals surface area contributed by atoms with Crippen LogP contribution in [0.15, 0.2) is 90.2 Å². The van der Waals surface area contributed by atoms with E-state index >= 15 is 0 Å². The van der Waals surface area contributed by atoms with Crippen LogP contribution < -0.4 is 5.49 Å². The number of aromatic nitrogens is 2. The minimum atomic E-state index is -0.150. The molecule has 2 aromatic carbocycles. The molecule has 4 heteroatoms. The Labute approximate surface area is 151 Å². The summed E-state index contributed by atoms with van der Waals surface area (Å²) in [5.41, 5.74) is 3.85. The van der Waals surface area contributed by atoms with Gasteiger partial charge in [-0.3, -0.25) is 4.79 Å². The molecule has 0 saturated carbocycles. The molecule has 0 aliphatic carbocycles. The van der Waals surface area contributed by atoms with Crippen LogP contribution in [0.1, 0.15) is 11.1 Å². The van der Waals surface area contributed by atoms with Crippen molar-refractivity contribution in [3.63, 3.8) is 0 Å². The lowest BCUT2D eigenvalue weighted by molar-refractivity contribution is -0.117. The Bertz CT molecular complexity index is 1110.